The Balaban J connectivity index is 2.06. The molecule has 1 aliphatic carbocycles. The Bertz CT molecular complexity index is 414. The minimum absolute atomic E-state index is 0.292. The Labute approximate surface area is 115 Å². The van der Waals surface area contributed by atoms with E-state index in [0.29, 0.717) is 15.1 Å². The predicted molar refractivity (Wildman–Crippen MR) is 71.6 cm³/mol. The molecular weight excluding hydrogens is 270 g/mol. The molecule has 1 amide bonds. The zero-order valence-corrected chi connectivity index (χ0v) is 11.5. The van der Waals surface area contributed by atoms with Crippen molar-refractivity contribution in [3.8, 4) is 0 Å². The fourth-order valence-electron chi connectivity index (χ4n) is 2.29. The monoisotopic (exact) mass is 284 g/mol. The van der Waals surface area contributed by atoms with Crippen molar-refractivity contribution < 1.29 is 14.7 Å². The van der Waals surface area contributed by atoms with Crippen LogP contribution in [0.4, 0.5) is 0 Å². The van der Waals surface area contributed by atoms with Crippen LogP contribution in [-0.2, 0) is 9.59 Å². The Hall–Kier alpha value is -0.880. The lowest BCUT2D eigenvalue weighted by molar-refractivity contribution is -0.305. The molecule has 1 heterocycles. The van der Waals surface area contributed by atoms with E-state index < -0.39 is 12.5 Å². The summed E-state index contributed by atoms with van der Waals surface area (Å²) in [7, 11) is 0. The molecule has 6 heteroatoms. The summed E-state index contributed by atoms with van der Waals surface area (Å²) in [5.74, 6) is -1.15. The van der Waals surface area contributed by atoms with Crippen molar-refractivity contribution in [1.82, 2.24) is 4.90 Å². The van der Waals surface area contributed by atoms with Crippen LogP contribution in [0.3, 0.4) is 0 Å². The predicted octanol–water partition coefficient (Wildman–Crippen LogP) is 1.06. The van der Waals surface area contributed by atoms with Crippen LogP contribution in [0.5, 0.6) is 0 Å². The van der Waals surface area contributed by atoms with E-state index in [4.69, 9.17) is 12.2 Å². The molecule has 4 nitrogen and oxygen atoms in total. The molecule has 0 spiro atoms. The van der Waals surface area contributed by atoms with Crippen molar-refractivity contribution in [2.75, 3.05) is 6.54 Å². The summed E-state index contributed by atoms with van der Waals surface area (Å²) < 4.78 is 0.311. The largest absolute Gasteiger partial charge is 0.548 e. The van der Waals surface area contributed by atoms with E-state index in [-0.39, 0.29) is 5.91 Å². The van der Waals surface area contributed by atoms with Gasteiger partial charge in [-0.15, -0.1) is 0 Å². The van der Waals surface area contributed by atoms with Crippen LogP contribution < -0.4 is 5.11 Å². The third-order valence-electron chi connectivity index (χ3n) is 3.20. The van der Waals surface area contributed by atoms with Crippen molar-refractivity contribution in [3.63, 3.8) is 0 Å². The van der Waals surface area contributed by atoms with E-state index in [2.05, 4.69) is 0 Å². The lowest BCUT2D eigenvalue weighted by Crippen LogP contribution is -2.40. The van der Waals surface area contributed by atoms with Crippen molar-refractivity contribution >= 4 is 40.2 Å². The van der Waals surface area contributed by atoms with E-state index in [9.17, 15) is 14.7 Å². The van der Waals surface area contributed by atoms with Gasteiger partial charge in [-0.05, 0) is 18.8 Å². The van der Waals surface area contributed by atoms with Gasteiger partial charge in [-0.2, -0.15) is 0 Å². The average molecular weight is 284 g/mol. The zero-order valence-electron chi connectivity index (χ0n) is 9.89. The molecule has 1 aliphatic heterocycles. The summed E-state index contributed by atoms with van der Waals surface area (Å²) in [6.45, 7) is -0.452. The van der Waals surface area contributed by atoms with Gasteiger partial charge in [0.25, 0.3) is 5.91 Å². The minimum atomic E-state index is -1.29. The first-order valence-corrected chi connectivity index (χ1v) is 7.25. The standard InChI is InChI=1S/C12H15NO3S2/c14-10(15)7-13-11(16)9(18-12(13)17)6-8-4-2-1-3-5-8/h6,8H,1-5,7H2,(H,14,15)/p-1/b9-6-. The van der Waals surface area contributed by atoms with Gasteiger partial charge < -0.3 is 9.90 Å². The van der Waals surface area contributed by atoms with Crippen LogP contribution in [0.2, 0.25) is 0 Å². The number of aliphatic carboxylic acids is 1. The summed E-state index contributed by atoms with van der Waals surface area (Å²) >= 11 is 6.21. The van der Waals surface area contributed by atoms with E-state index in [1.54, 1.807) is 0 Å². The number of nitrogens with zero attached hydrogens (tertiary/aromatic N) is 1. The number of amides is 1. The van der Waals surface area contributed by atoms with Gasteiger partial charge in [0, 0.05) is 0 Å². The highest BCUT2D eigenvalue weighted by atomic mass is 32.2. The number of carbonyl (C=O) groups is 2. The first-order valence-electron chi connectivity index (χ1n) is 6.03. The lowest BCUT2D eigenvalue weighted by atomic mass is 9.89. The smallest absolute Gasteiger partial charge is 0.266 e. The molecule has 0 aromatic rings. The molecule has 1 saturated heterocycles. The van der Waals surface area contributed by atoms with Gasteiger partial charge in [-0.25, -0.2) is 0 Å². The Morgan fingerprint density at radius 3 is 2.72 bits per heavy atom. The number of allylic oxidation sites excluding steroid dienone is 1. The Morgan fingerprint density at radius 1 is 1.44 bits per heavy atom. The maximum absolute atomic E-state index is 12.0. The molecule has 0 N–H and O–H groups in total. The highest BCUT2D eigenvalue weighted by Gasteiger charge is 2.32. The average Bonchev–Trinajstić information content (AvgIpc) is 2.58. The van der Waals surface area contributed by atoms with Crippen molar-refractivity contribution in [2.24, 2.45) is 5.92 Å². The summed E-state index contributed by atoms with van der Waals surface area (Å²) in [5, 5.41) is 10.5. The normalized spacial score (nSPS) is 24.0. The molecule has 98 valence electrons. The van der Waals surface area contributed by atoms with Crippen molar-refractivity contribution in [2.45, 2.75) is 32.1 Å². The van der Waals surface area contributed by atoms with Gasteiger partial charge in [0.15, 0.2) is 0 Å². The molecule has 2 aliphatic rings. The third-order valence-corrected chi connectivity index (χ3v) is 4.59. The highest BCUT2D eigenvalue weighted by molar-refractivity contribution is 8.26. The molecule has 2 fully saturated rings. The summed E-state index contributed by atoms with van der Waals surface area (Å²) in [6, 6.07) is 0. The highest BCUT2D eigenvalue weighted by Crippen LogP contribution is 2.34. The lowest BCUT2D eigenvalue weighted by Gasteiger charge is -2.18. The molecule has 0 atom stereocenters. The Morgan fingerprint density at radius 2 is 2.11 bits per heavy atom. The first kappa shape index (κ1) is 13.5. The number of hydrogen-bond donors (Lipinski definition) is 0. The van der Waals surface area contributed by atoms with Crippen LogP contribution >= 0.6 is 24.0 Å². The van der Waals surface area contributed by atoms with Gasteiger partial charge in [-0.1, -0.05) is 49.3 Å². The number of carboxylic acid groups (broad SMARTS) is 1. The first-order chi connectivity index (χ1) is 8.58. The molecule has 0 aromatic heterocycles. The number of thioether (sulfide) groups is 1. The topological polar surface area (TPSA) is 60.4 Å². The second-order valence-electron chi connectivity index (χ2n) is 4.56. The van der Waals surface area contributed by atoms with Gasteiger partial charge in [0.05, 0.1) is 17.4 Å². The Kier molecular flexibility index (Phi) is 4.40. The molecule has 18 heavy (non-hydrogen) atoms. The third kappa shape index (κ3) is 3.11. The van der Waals surface area contributed by atoms with Gasteiger partial charge in [-0.3, -0.25) is 9.69 Å². The van der Waals surface area contributed by atoms with E-state index in [0.717, 1.165) is 17.7 Å². The van der Waals surface area contributed by atoms with Crippen LogP contribution in [0.15, 0.2) is 11.0 Å². The summed E-state index contributed by atoms with van der Waals surface area (Å²) in [6.07, 6.45) is 7.82. The van der Waals surface area contributed by atoms with Gasteiger partial charge in [0.1, 0.15) is 4.32 Å². The van der Waals surface area contributed by atoms with Crippen LogP contribution in [0.1, 0.15) is 32.1 Å². The van der Waals surface area contributed by atoms with Crippen LogP contribution in [0, 0.1) is 5.92 Å². The SMILES string of the molecule is O=C([O-])CN1C(=O)/C(=C/C2CCCCC2)SC1=S. The number of hydrogen-bond acceptors (Lipinski definition) is 5. The zero-order chi connectivity index (χ0) is 13.1. The summed E-state index contributed by atoms with van der Waals surface area (Å²) in [4.78, 5) is 24.2. The summed E-state index contributed by atoms with van der Waals surface area (Å²) in [5.41, 5.74) is 0. The van der Waals surface area contributed by atoms with Crippen LogP contribution in [0.25, 0.3) is 0 Å². The fraction of sp³-hybridized carbons (Fsp3) is 0.583. The number of rotatable bonds is 3. The fourth-order valence-corrected chi connectivity index (χ4v) is 3.61. The van der Waals surface area contributed by atoms with Crippen molar-refractivity contribution in [3.05, 3.63) is 11.0 Å². The molecule has 0 radical (unpaired) electrons. The molecule has 2 rings (SSSR count). The van der Waals surface area contributed by atoms with E-state index in [1.165, 1.54) is 31.0 Å². The van der Waals surface area contributed by atoms with E-state index >= 15 is 0 Å². The second-order valence-corrected chi connectivity index (χ2v) is 6.24. The quantitative estimate of drug-likeness (QED) is 0.573. The van der Waals surface area contributed by atoms with Gasteiger partial charge >= 0.3 is 0 Å². The van der Waals surface area contributed by atoms with Crippen LogP contribution in [-0.4, -0.2) is 27.6 Å². The molecule has 1 saturated carbocycles. The minimum Gasteiger partial charge on any atom is -0.548 e. The number of carboxylic acids is 1. The molecule has 0 aromatic carbocycles. The maximum atomic E-state index is 12.0. The number of carbonyl (C=O) groups excluding carboxylic acids is 2. The van der Waals surface area contributed by atoms with Gasteiger partial charge in [0.2, 0.25) is 0 Å². The number of thiocarbonyl (C=S) groups is 1. The molecule has 0 bridgehead atoms. The molecule has 0 unspecified atom stereocenters. The second kappa shape index (κ2) is 5.84. The molecular formula is C12H14NO3S2-. The van der Waals surface area contributed by atoms with Crippen molar-refractivity contribution in [1.29, 1.82) is 0 Å². The van der Waals surface area contributed by atoms with E-state index in [1.807, 2.05) is 6.08 Å². The maximum Gasteiger partial charge on any atom is 0.266 e.